The molecule has 1 aromatic heterocycles. The third-order valence-corrected chi connectivity index (χ3v) is 3.31. The maximum atomic E-state index is 12.7. The molecular weight excluding hydrogens is 304 g/mol. The zero-order valence-corrected chi connectivity index (χ0v) is 11.0. The molecule has 0 fully saturated rings. The molecular formula is C11H7Cl2F3N2O. The number of nitrogens with one attached hydrogen (secondary N) is 1. The summed E-state index contributed by atoms with van der Waals surface area (Å²) >= 11 is 11.5. The molecule has 0 saturated heterocycles. The number of hydrogen-bond acceptors (Lipinski definition) is 1. The van der Waals surface area contributed by atoms with Crippen LogP contribution in [0.5, 0.6) is 0 Å². The van der Waals surface area contributed by atoms with Crippen molar-refractivity contribution in [3.8, 4) is 5.69 Å². The normalized spacial score (nSPS) is 11.9. The molecule has 0 radical (unpaired) electrons. The number of halogens is 5. The fourth-order valence-electron chi connectivity index (χ4n) is 1.60. The zero-order chi connectivity index (χ0) is 14.4. The summed E-state index contributed by atoms with van der Waals surface area (Å²) in [5.41, 5.74) is -2.09. The van der Waals surface area contributed by atoms with Crippen molar-refractivity contribution >= 4 is 23.2 Å². The van der Waals surface area contributed by atoms with Gasteiger partial charge in [-0.05, 0) is 25.1 Å². The van der Waals surface area contributed by atoms with Gasteiger partial charge < -0.3 is 0 Å². The lowest BCUT2D eigenvalue weighted by atomic mass is 10.2. The summed E-state index contributed by atoms with van der Waals surface area (Å²) in [7, 11) is 0. The van der Waals surface area contributed by atoms with Crippen molar-refractivity contribution in [1.82, 2.24) is 9.78 Å². The number of rotatable bonds is 1. The number of aromatic amines is 1. The van der Waals surface area contributed by atoms with Gasteiger partial charge in [0.2, 0.25) is 0 Å². The second kappa shape index (κ2) is 4.61. The highest BCUT2D eigenvalue weighted by molar-refractivity contribution is 6.42. The average Bonchev–Trinajstić information content (AvgIpc) is 2.60. The Balaban J connectivity index is 2.64. The van der Waals surface area contributed by atoms with Gasteiger partial charge in [0.1, 0.15) is 5.69 Å². The van der Waals surface area contributed by atoms with Crippen molar-refractivity contribution in [2.75, 3.05) is 0 Å². The molecule has 2 rings (SSSR count). The minimum atomic E-state index is -4.62. The molecule has 0 bridgehead atoms. The summed E-state index contributed by atoms with van der Waals surface area (Å²) in [5.74, 6) is 0. The number of benzene rings is 1. The van der Waals surface area contributed by atoms with Crippen LogP contribution in [-0.4, -0.2) is 9.78 Å². The Morgan fingerprint density at radius 2 is 1.84 bits per heavy atom. The summed E-state index contributed by atoms with van der Waals surface area (Å²) in [6.45, 7) is 1.11. The first kappa shape index (κ1) is 14.0. The molecule has 0 amide bonds. The Kier molecular flexibility index (Phi) is 3.40. The lowest BCUT2D eigenvalue weighted by Crippen LogP contribution is -2.15. The minimum Gasteiger partial charge on any atom is -0.286 e. The summed E-state index contributed by atoms with van der Waals surface area (Å²) < 4.78 is 38.8. The molecule has 0 saturated carbocycles. The van der Waals surface area contributed by atoms with Crippen LogP contribution in [-0.2, 0) is 6.18 Å². The number of hydrogen-bond donors (Lipinski definition) is 1. The lowest BCUT2D eigenvalue weighted by molar-refractivity contribution is -0.141. The predicted octanol–water partition coefficient (Wildman–Crippen LogP) is 3.80. The Hall–Kier alpha value is -1.40. The third-order valence-electron chi connectivity index (χ3n) is 2.57. The van der Waals surface area contributed by atoms with Crippen molar-refractivity contribution in [1.29, 1.82) is 0 Å². The molecule has 0 spiro atoms. The molecule has 1 N–H and O–H groups in total. The van der Waals surface area contributed by atoms with Gasteiger partial charge in [-0.15, -0.1) is 0 Å². The van der Waals surface area contributed by atoms with Gasteiger partial charge in [0.25, 0.3) is 5.56 Å². The molecule has 0 unspecified atom stereocenters. The maximum Gasteiger partial charge on any atom is 0.433 e. The van der Waals surface area contributed by atoms with Gasteiger partial charge in [0, 0.05) is 5.56 Å². The van der Waals surface area contributed by atoms with E-state index in [2.05, 4.69) is 0 Å². The number of H-pyrrole nitrogens is 1. The van der Waals surface area contributed by atoms with Crippen LogP contribution in [0.2, 0.25) is 10.0 Å². The topological polar surface area (TPSA) is 37.8 Å². The first-order valence-electron chi connectivity index (χ1n) is 5.06. The van der Waals surface area contributed by atoms with E-state index in [0.717, 1.165) is 11.6 Å². The highest BCUT2D eigenvalue weighted by atomic mass is 35.5. The Labute approximate surface area is 115 Å². The highest BCUT2D eigenvalue weighted by Gasteiger charge is 2.36. The quantitative estimate of drug-likeness (QED) is 0.854. The fraction of sp³-hybridized carbons (Fsp3) is 0.182. The summed E-state index contributed by atoms with van der Waals surface area (Å²) in [6, 6.07) is 4.10. The average molecular weight is 311 g/mol. The molecule has 8 heteroatoms. The second-order valence-electron chi connectivity index (χ2n) is 3.85. The van der Waals surface area contributed by atoms with E-state index in [0.29, 0.717) is 0 Å². The van der Waals surface area contributed by atoms with Crippen molar-refractivity contribution in [2.24, 2.45) is 0 Å². The number of aromatic nitrogens is 2. The largest absolute Gasteiger partial charge is 0.433 e. The fourth-order valence-corrected chi connectivity index (χ4v) is 1.90. The van der Waals surface area contributed by atoms with Gasteiger partial charge in [-0.2, -0.15) is 13.2 Å². The van der Waals surface area contributed by atoms with Gasteiger partial charge in [-0.3, -0.25) is 9.89 Å². The number of nitrogens with zero attached hydrogens (tertiary/aromatic N) is 1. The Bertz CT molecular complexity index is 688. The van der Waals surface area contributed by atoms with Crippen LogP contribution in [0.1, 0.15) is 11.3 Å². The van der Waals surface area contributed by atoms with Gasteiger partial charge in [0.05, 0.1) is 15.7 Å². The van der Waals surface area contributed by atoms with E-state index in [9.17, 15) is 18.0 Å². The summed E-state index contributed by atoms with van der Waals surface area (Å²) in [5, 5.41) is 2.42. The Morgan fingerprint density at radius 3 is 2.32 bits per heavy atom. The first-order chi connectivity index (χ1) is 8.71. The molecule has 0 aliphatic rings. The van der Waals surface area contributed by atoms with Crippen LogP contribution in [0.15, 0.2) is 23.0 Å². The SMILES string of the molecule is Cc1c(C(F)(F)F)[nH]n(-c2ccc(Cl)c(Cl)c2)c1=O. The van der Waals surface area contributed by atoms with Crippen LogP contribution >= 0.6 is 23.2 Å². The van der Waals surface area contributed by atoms with E-state index in [1.807, 2.05) is 5.10 Å². The molecule has 2 aromatic rings. The molecule has 3 nitrogen and oxygen atoms in total. The molecule has 1 heterocycles. The lowest BCUT2D eigenvalue weighted by Gasteiger charge is -2.05. The van der Waals surface area contributed by atoms with Crippen LogP contribution in [0, 0.1) is 6.92 Å². The van der Waals surface area contributed by atoms with Gasteiger partial charge in [-0.1, -0.05) is 23.2 Å². The standard InChI is InChI=1S/C11H7Cl2F3N2O/c1-5-9(11(14,15)16)17-18(10(5)19)6-2-3-7(12)8(13)4-6/h2-4,17H,1H3. The smallest absolute Gasteiger partial charge is 0.286 e. The number of alkyl halides is 3. The van der Waals surface area contributed by atoms with Crippen molar-refractivity contribution in [3.05, 3.63) is 49.9 Å². The van der Waals surface area contributed by atoms with Gasteiger partial charge in [-0.25, -0.2) is 4.68 Å². The Morgan fingerprint density at radius 1 is 1.21 bits per heavy atom. The molecule has 1 aromatic carbocycles. The molecule has 0 aliphatic carbocycles. The van der Waals surface area contributed by atoms with Crippen LogP contribution < -0.4 is 5.56 Å². The molecule has 19 heavy (non-hydrogen) atoms. The first-order valence-corrected chi connectivity index (χ1v) is 5.81. The van der Waals surface area contributed by atoms with Crippen LogP contribution in [0.3, 0.4) is 0 Å². The monoisotopic (exact) mass is 310 g/mol. The van der Waals surface area contributed by atoms with Gasteiger partial charge in [0.15, 0.2) is 0 Å². The van der Waals surface area contributed by atoms with Crippen LogP contribution in [0.25, 0.3) is 5.69 Å². The maximum absolute atomic E-state index is 12.7. The van der Waals surface area contributed by atoms with E-state index >= 15 is 0 Å². The van der Waals surface area contributed by atoms with Gasteiger partial charge >= 0.3 is 6.18 Å². The summed E-state index contributed by atoms with van der Waals surface area (Å²) in [4.78, 5) is 11.8. The molecule has 0 aliphatic heterocycles. The van der Waals surface area contributed by atoms with E-state index < -0.39 is 23.0 Å². The molecule has 0 atom stereocenters. The van der Waals surface area contributed by atoms with E-state index in [4.69, 9.17) is 23.2 Å². The van der Waals surface area contributed by atoms with E-state index in [1.54, 1.807) is 0 Å². The molecule has 102 valence electrons. The van der Waals surface area contributed by atoms with E-state index in [1.165, 1.54) is 18.2 Å². The summed E-state index contributed by atoms with van der Waals surface area (Å²) in [6.07, 6.45) is -4.62. The van der Waals surface area contributed by atoms with Crippen molar-refractivity contribution in [3.63, 3.8) is 0 Å². The minimum absolute atomic E-state index is 0.145. The van der Waals surface area contributed by atoms with Crippen molar-refractivity contribution < 1.29 is 13.2 Å². The van der Waals surface area contributed by atoms with Crippen LogP contribution in [0.4, 0.5) is 13.2 Å². The second-order valence-corrected chi connectivity index (χ2v) is 4.66. The predicted molar refractivity (Wildman–Crippen MR) is 66.1 cm³/mol. The third kappa shape index (κ3) is 2.50. The van der Waals surface area contributed by atoms with E-state index in [-0.39, 0.29) is 15.7 Å². The highest BCUT2D eigenvalue weighted by Crippen LogP contribution is 2.30. The van der Waals surface area contributed by atoms with Crippen molar-refractivity contribution in [2.45, 2.75) is 13.1 Å². The zero-order valence-electron chi connectivity index (χ0n) is 9.48.